The van der Waals surface area contributed by atoms with Crippen molar-refractivity contribution in [3.8, 4) is 0 Å². The fourth-order valence-electron chi connectivity index (χ4n) is 17.8. The molecule has 7 aliphatic heterocycles. The summed E-state index contributed by atoms with van der Waals surface area (Å²) in [5.41, 5.74) is 64.0. The van der Waals surface area contributed by atoms with Crippen molar-refractivity contribution in [3.05, 3.63) is 0 Å². The molecule has 25 heteroatoms. The summed E-state index contributed by atoms with van der Waals surface area (Å²) in [4.78, 5) is 12.0. The average Bonchev–Trinajstić information content (AvgIpc) is 1.62. The molecule has 3 atom stereocenters. The molecule has 0 bridgehead atoms. The molecule has 10 aliphatic rings. The summed E-state index contributed by atoms with van der Waals surface area (Å²) in [6, 6.07) is 0.542. The van der Waals surface area contributed by atoms with Crippen molar-refractivity contribution < 1.29 is 9.84 Å². The van der Waals surface area contributed by atoms with Crippen LogP contribution < -0.4 is 95.0 Å². The van der Waals surface area contributed by atoms with Gasteiger partial charge in [0.05, 0.1) is 29.9 Å². The minimum Gasteiger partial charge on any atom is -0.392 e. The molecule has 0 spiro atoms. The normalized spacial score (nSPS) is 20.0. The summed E-state index contributed by atoms with van der Waals surface area (Å²) in [5.74, 6) is 9.44. The number of rotatable bonds is 28. The second kappa shape index (κ2) is 73.1. The van der Waals surface area contributed by atoms with Gasteiger partial charge in [0.25, 0.3) is 0 Å². The van der Waals surface area contributed by atoms with E-state index in [1.807, 2.05) is 37.6 Å². The molecule has 0 aromatic heterocycles. The molecule has 10 rings (SSSR count). The Morgan fingerprint density at radius 2 is 0.747 bits per heavy atom. The van der Waals surface area contributed by atoms with Gasteiger partial charge in [0, 0.05) is 57.4 Å². The molecule has 0 radical (unpaired) electrons. The maximum atomic E-state index is 9.07. The third-order valence-electron chi connectivity index (χ3n) is 26.2. The Hall–Kier alpha value is -3.44. The molecule has 25 nitrogen and oxygen atoms in total. The molecule has 0 amide bonds. The molecule has 0 aromatic carbocycles. The van der Waals surface area contributed by atoms with Crippen LogP contribution in [0.3, 0.4) is 0 Å². The van der Waals surface area contributed by atoms with Crippen LogP contribution in [0.4, 0.5) is 0 Å². The molecular weight excluding hydrogens is 1810 g/mol. The predicted octanol–water partition coefficient (Wildman–Crippen LogP) is 22.9. The monoisotopic (exact) mass is 2080 g/mol. The first-order valence-corrected chi connectivity index (χ1v) is 58.4. The molecule has 3 saturated carbocycles. The zero-order chi connectivity index (χ0) is 115. The Morgan fingerprint density at radius 1 is 0.404 bits per heavy atom. The maximum absolute atomic E-state index is 9.07. The molecule has 7 heterocycles. The lowest BCUT2D eigenvalue weighted by Gasteiger charge is -2.42. The van der Waals surface area contributed by atoms with Gasteiger partial charge in [-0.15, -0.1) is 0 Å². The highest BCUT2D eigenvalue weighted by Gasteiger charge is 2.49. The quantitative estimate of drug-likeness (QED) is 0.0196. The van der Waals surface area contributed by atoms with Crippen molar-refractivity contribution in [2.24, 2.45) is 191 Å². The third-order valence-corrected chi connectivity index (χ3v) is 26.2. The number of hydrogen-bond donors (Lipinski definition) is 20. The van der Waals surface area contributed by atoms with E-state index in [1.54, 1.807) is 0 Å². The molecule has 3 unspecified atom stereocenters. The largest absolute Gasteiger partial charge is 0.392 e. The lowest BCUT2D eigenvalue weighted by Crippen LogP contribution is -2.53. The average molecular weight is 2080 g/mol. The highest BCUT2D eigenvalue weighted by molar-refractivity contribution is 5.77. The van der Waals surface area contributed by atoms with Crippen LogP contribution in [0.5, 0.6) is 0 Å². The number of guanidine groups is 4. The Bertz CT molecular complexity index is 3090. The first kappa shape index (κ1) is 151. The van der Waals surface area contributed by atoms with Gasteiger partial charge in [-0.3, -0.25) is 10.8 Å². The van der Waals surface area contributed by atoms with Gasteiger partial charge in [-0.05, 0) is 373 Å². The molecule has 146 heavy (non-hydrogen) atoms. The van der Waals surface area contributed by atoms with Gasteiger partial charge in [-0.2, -0.15) is 0 Å². The van der Waals surface area contributed by atoms with E-state index >= 15 is 0 Å². The van der Waals surface area contributed by atoms with E-state index in [-0.39, 0.29) is 52.0 Å². The number of hydrogen-bond acceptors (Lipinski definition) is 17. The highest BCUT2D eigenvalue weighted by Crippen LogP contribution is 2.49. The molecule has 0 aromatic rings. The van der Waals surface area contributed by atoms with Gasteiger partial charge in [0.15, 0.2) is 23.8 Å². The van der Waals surface area contributed by atoms with E-state index in [0.717, 1.165) is 151 Å². The van der Waals surface area contributed by atoms with Crippen LogP contribution in [-0.4, -0.2) is 205 Å². The summed E-state index contributed by atoms with van der Waals surface area (Å²) in [7, 11) is 2.00. The van der Waals surface area contributed by atoms with Crippen molar-refractivity contribution in [2.45, 2.75) is 506 Å². The number of ether oxygens (including phenoxy) is 1. The second-order valence-corrected chi connectivity index (χ2v) is 61.9. The lowest BCUT2D eigenvalue weighted by molar-refractivity contribution is -0.0172. The van der Waals surface area contributed by atoms with Gasteiger partial charge in [-0.25, -0.2) is 9.98 Å². The summed E-state index contributed by atoms with van der Waals surface area (Å²) in [6.07, 6.45) is 34.4. The number of aliphatic hydroxyl groups is 1. The van der Waals surface area contributed by atoms with Gasteiger partial charge >= 0.3 is 0 Å². The number of nitrogens with two attached hydrogens (primary N) is 11. The van der Waals surface area contributed by atoms with Crippen molar-refractivity contribution >= 4 is 23.8 Å². The standard InChI is InChI=1S/C10H21N3.2C10H21N.2C9H19N3.C9H19N.C9H21N.C8H17NO.3C8H19N.C7H17NO.C6H11N.C5H13N3.C5H11N/c1-10(2,3)5-4-8-6-13(7-8)9(11)12;2*1-10(2,3)6-4-5-9-7-11-8-9;1-9(2,3)4-7-5-12(6-7)8(10)11;1-8(2,3)6-9(4-5-9)12-7(10)11;1-9(2,3)5-4-8-6-10-7-8;1-9(2,3)7-5-4-6-8-10;1-8(2,3)6-10-7-4-9-5-7;1-7(2,3)6-8(4,5)9;1-8(2,3)6-5-7-9-4;1-8(2,3)6-4-5-7-9;1-7(2,3)4-6(9)5-8;1-4-5-2-7-3-6(4)5;1-5(2,3)8-4(6)7;1-4-2-5(6)3-4/h8H,4-7H2,1-3H3,(H3,11,12);2*9,11H,4-8H2,1-3H3;7H,4-6H2,1-3H3,(H3,10,11);4-6H2,1-3H3,(H4,10,11,12);8,10H,4-7H2,1-3H3;4-8,10H2,1-3H3;7,9H,4-6H2,1-3H3;6,9H2,1-5H3;9H,5-7H2,1-4H3;4-7,9H2,1-3H3;6,9H,4-5,8H2,1-3H3;4-7H,2-3H2,1H3;1-3H3,(H4,6,7,8);4-5H,2-3,6H2,1H3. The number of piperidine rings is 1. The summed E-state index contributed by atoms with van der Waals surface area (Å²) in [6.45, 7) is 116. The Morgan fingerprint density at radius 3 is 0.966 bits per heavy atom. The molecule has 7 saturated heterocycles. The first-order chi connectivity index (χ1) is 65.9. The van der Waals surface area contributed by atoms with Gasteiger partial charge < -0.3 is 115 Å². The lowest BCUT2D eigenvalue weighted by atomic mass is 9.81. The number of unbranched alkanes of at least 4 members (excludes halogenated alkanes) is 3. The zero-order valence-corrected chi connectivity index (χ0v) is 106. The Balaban J connectivity index is -0.000000488. The molecular formula is C121H267N23O2. The summed E-state index contributed by atoms with van der Waals surface area (Å²) >= 11 is 0. The van der Waals surface area contributed by atoms with Gasteiger partial charge in [0.2, 0.25) is 0 Å². The van der Waals surface area contributed by atoms with Crippen molar-refractivity contribution in [1.29, 1.82) is 10.8 Å². The number of nitrogens with zero attached hydrogens (tertiary/aromatic N) is 4. The zero-order valence-electron chi connectivity index (χ0n) is 106. The fourth-order valence-corrected chi connectivity index (χ4v) is 17.8. The molecule has 10 fully saturated rings. The van der Waals surface area contributed by atoms with E-state index in [2.05, 4.69) is 319 Å². The number of fused-ring (bicyclic) bond motifs is 1. The minimum atomic E-state index is -0.329. The van der Waals surface area contributed by atoms with Crippen LogP contribution in [-0.2, 0) is 4.74 Å². The maximum Gasteiger partial charge on any atom is 0.188 e. The molecule has 878 valence electrons. The van der Waals surface area contributed by atoms with Crippen molar-refractivity contribution in [1.82, 2.24) is 41.7 Å². The highest BCUT2D eigenvalue weighted by atomic mass is 16.5. The number of nitrogens with one attached hydrogen (secondary N) is 8. The van der Waals surface area contributed by atoms with E-state index in [9.17, 15) is 0 Å². The molecule has 31 N–H and O–H groups in total. The first-order valence-electron chi connectivity index (χ1n) is 58.4. The summed E-state index contributed by atoms with van der Waals surface area (Å²) < 4.78 is 5.58. The van der Waals surface area contributed by atoms with Gasteiger partial charge in [-0.1, -0.05) is 295 Å². The minimum absolute atomic E-state index is 0.0156. The second-order valence-electron chi connectivity index (χ2n) is 61.9. The smallest absolute Gasteiger partial charge is 0.188 e. The topological polar surface area (TPSA) is 467 Å². The number of likely N-dealkylation sites (tertiary alicyclic amines) is 2. The van der Waals surface area contributed by atoms with E-state index in [1.165, 1.54) is 194 Å². The predicted molar refractivity (Wildman–Crippen MR) is 649 cm³/mol. The van der Waals surface area contributed by atoms with Crippen LogP contribution in [0.15, 0.2) is 9.98 Å². The van der Waals surface area contributed by atoms with Crippen LogP contribution in [0.2, 0.25) is 0 Å². The fraction of sp³-hybridized carbons (Fsp3) is 0.967. The summed E-state index contributed by atoms with van der Waals surface area (Å²) in [5, 5.41) is 43.0. The third kappa shape index (κ3) is 109. The van der Waals surface area contributed by atoms with Crippen molar-refractivity contribution in [2.75, 3.05) is 131 Å². The molecule has 3 aliphatic carbocycles. The van der Waals surface area contributed by atoms with Crippen LogP contribution in [0.1, 0.15) is 471 Å². The van der Waals surface area contributed by atoms with Crippen LogP contribution in [0.25, 0.3) is 0 Å². The number of aliphatic hydroxyl groups excluding tert-OH is 1. The van der Waals surface area contributed by atoms with E-state index < -0.39 is 0 Å². The van der Waals surface area contributed by atoms with Gasteiger partial charge in [0.1, 0.15) is 0 Å². The van der Waals surface area contributed by atoms with E-state index in [4.69, 9.17) is 83.7 Å². The van der Waals surface area contributed by atoms with Crippen LogP contribution >= 0.6 is 0 Å². The van der Waals surface area contributed by atoms with E-state index in [0.29, 0.717) is 78.3 Å². The SMILES string of the molecule is CC(C)(C)CC(C)(C)N.CC(C)(C)CC(O)CN.CC(C)(C)CC1(N=C(N)N)CC1.CC(C)(C)CC1CN(C(=N)N)C1.CC(C)(C)CCC1CN(C(=N)N)C1.CC(C)(C)CCC1CNC1.CC(C)(C)CCCC1CNC1.CC(C)(C)CCCC1CNC1.CC(C)(C)CCCCCN.CC(C)(C)CCCCN.CC(C)(C)COC1CNC1.CC(C)(C)N=C(N)N.CC1C2CNCC12.CC1CC(N)C1.CNCCCC(C)(C)C. The Labute approximate surface area is 909 Å². The number of aliphatic imine (C=N–C) groups is 2. The van der Waals surface area contributed by atoms with Crippen LogP contribution in [0, 0.1) is 129 Å². The Kier molecular flexibility index (Phi) is 75.6. The van der Waals surface area contributed by atoms with Crippen molar-refractivity contribution in [3.63, 3.8) is 0 Å².